The van der Waals surface area contributed by atoms with E-state index >= 15 is 0 Å². The molecule has 0 saturated heterocycles. The van der Waals surface area contributed by atoms with E-state index in [-0.39, 0.29) is 5.56 Å². The van der Waals surface area contributed by atoms with Gasteiger partial charge in [0.15, 0.2) is 0 Å². The van der Waals surface area contributed by atoms with Crippen LogP contribution < -0.4 is 0 Å². The molecule has 0 aliphatic heterocycles. The van der Waals surface area contributed by atoms with Gasteiger partial charge >= 0.3 is 6.18 Å². The maximum absolute atomic E-state index is 12.9. The Balaban J connectivity index is 3.32. The average molecular weight is 251 g/mol. The molecule has 1 aromatic rings. The molecule has 1 aromatic carbocycles. The molecule has 0 heterocycles. The predicted octanol–water partition coefficient (Wildman–Crippen LogP) is 3.32. The fourth-order valence-electron chi connectivity index (χ4n) is 1.39. The second-order valence-electron chi connectivity index (χ2n) is 3.34. The highest BCUT2D eigenvalue weighted by atomic mass is 35.5. The summed E-state index contributed by atoms with van der Waals surface area (Å²) in [6.07, 6.45) is -3.90. The minimum Gasteiger partial charge on any atom is -0.395 e. The van der Waals surface area contributed by atoms with Gasteiger partial charge in [0.2, 0.25) is 0 Å². The number of benzene rings is 1. The Morgan fingerprint density at radius 3 is 2.06 bits per heavy atom. The van der Waals surface area contributed by atoms with Gasteiger partial charge in [0.1, 0.15) is 5.41 Å². The maximum atomic E-state index is 12.9. The van der Waals surface area contributed by atoms with Crippen molar-refractivity contribution in [2.45, 2.75) is 11.6 Å². The minimum atomic E-state index is -4.60. The SMILES string of the molecule is C=C[C@@](CO)(c1ccc(Cl)cc1)C(F)(F)F. The number of rotatable bonds is 3. The summed E-state index contributed by atoms with van der Waals surface area (Å²) in [5, 5.41) is 9.35. The Hall–Kier alpha value is -1.00. The van der Waals surface area contributed by atoms with Crippen molar-refractivity contribution in [1.82, 2.24) is 0 Å². The third-order valence-electron chi connectivity index (χ3n) is 2.46. The van der Waals surface area contributed by atoms with Crippen LogP contribution in [0.4, 0.5) is 13.2 Å². The summed E-state index contributed by atoms with van der Waals surface area (Å²) in [6, 6.07) is 5.15. The maximum Gasteiger partial charge on any atom is 0.404 e. The zero-order valence-corrected chi connectivity index (χ0v) is 9.02. The third-order valence-corrected chi connectivity index (χ3v) is 2.72. The minimum absolute atomic E-state index is 0.0816. The van der Waals surface area contributed by atoms with Crippen LogP contribution in [-0.2, 0) is 5.41 Å². The molecule has 1 nitrogen and oxygen atoms in total. The lowest BCUT2D eigenvalue weighted by molar-refractivity contribution is -0.185. The number of alkyl halides is 3. The summed E-state index contributed by atoms with van der Waals surface area (Å²) in [6.45, 7) is 2.07. The molecule has 0 spiro atoms. The van der Waals surface area contributed by atoms with Gasteiger partial charge in [0.05, 0.1) is 6.61 Å². The van der Waals surface area contributed by atoms with Gasteiger partial charge in [0.25, 0.3) is 0 Å². The number of aliphatic hydroxyl groups excluding tert-OH is 1. The van der Waals surface area contributed by atoms with Gasteiger partial charge in [-0.2, -0.15) is 13.2 Å². The van der Waals surface area contributed by atoms with Gasteiger partial charge in [-0.3, -0.25) is 0 Å². The topological polar surface area (TPSA) is 20.2 Å². The second kappa shape index (κ2) is 4.47. The van der Waals surface area contributed by atoms with Crippen LogP contribution >= 0.6 is 11.6 Å². The molecule has 16 heavy (non-hydrogen) atoms. The van der Waals surface area contributed by atoms with E-state index in [4.69, 9.17) is 16.7 Å². The van der Waals surface area contributed by atoms with Crippen LogP contribution in [0.3, 0.4) is 0 Å². The lowest BCUT2D eigenvalue weighted by atomic mass is 9.80. The Morgan fingerprint density at radius 2 is 1.75 bits per heavy atom. The molecule has 0 aromatic heterocycles. The highest BCUT2D eigenvalue weighted by molar-refractivity contribution is 6.30. The van der Waals surface area contributed by atoms with Crippen LogP contribution in [0.2, 0.25) is 5.02 Å². The van der Waals surface area contributed by atoms with Crippen LogP contribution in [-0.4, -0.2) is 17.9 Å². The van der Waals surface area contributed by atoms with E-state index in [1.165, 1.54) is 24.3 Å². The fourth-order valence-corrected chi connectivity index (χ4v) is 1.52. The average Bonchev–Trinajstić information content (AvgIpc) is 2.21. The molecular formula is C11H10ClF3O. The molecule has 0 aliphatic rings. The van der Waals surface area contributed by atoms with Crippen LogP contribution in [0.1, 0.15) is 5.56 Å². The molecule has 1 N–H and O–H groups in total. The van der Waals surface area contributed by atoms with E-state index in [9.17, 15) is 13.2 Å². The molecular weight excluding hydrogens is 241 g/mol. The summed E-state index contributed by atoms with van der Waals surface area (Å²) in [7, 11) is 0. The van der Waals surface area contributed by atoms with Crippen molar-refractivity contribution in [2.24, 2.45) is 0 Å². The van der Waals surface area contributed by atoms with Crippen molar-refractivity contribution in [3.8, 4) is 0 Å². The van der Waals surface area contributed by atoms with Crippen molar-refractivity contribution in [1.29, 1.82) is 0 Å². The Morgan fingerprint density at radius 1 is 1.25 bits per heavy atom. The summed E-state index contributed by atoms with van der Waals surface area (Å²) in [5.41, 5.74) is -2.51. The molecule has 0 fully saturated rings. The van der Waals surface area contributed by atoms with Crippen LogP contribution in [0.25, 0.3) is 0 Å². The van der Waals surface area contributed by atoms with E-state index in [0.717, 1.165) is 0 Å². The van der Waals surface area contributed by atoms with E-state index < -0.39 is 18.2 Å². The zero-order chi connectivity index (χ0) is 12.4. The molecule has 0 amide bonds. The van der Waals surface area contributed by atoms with Crippen molar-refractivity contribution in [3.63, 3.8) is 0 Å². The molecule has 0 radical (unpaired) electrons. The zero-order valence-electron chi connectivity index (χ0n) is 8.26. The summed E-state index contributed by atoms with van der Waals surface area (Å²) in [5.74, 6) is 0. The van der Waals surface area contributed by atoms with Crippen molar-refractivity contribution >= 4 is 11.6 Å². The van der Waals surface area contributed by atoms with Gasteiger partial charge < -0.3 is 5.11 Å². The quantitative estimate of drug-likeness (QED) is 0.816. The molecule has 0 unspecified atom stereocenters. The van der Waals surface area contributed by atoms with Gasteiger partial charge in [-0.15, -0.1) is 6.58 Å². The number of hydrogen-bond donors (Lipinski definition) is 1. The first kappa shape index (κ1) is 13.1. The van der Waals surface area contributed by atoms with E-state index in [1.807, 2.05) is 0 Å². The lowest BCUT2D eigenvalue weighted by Crippen LogP contribution is -2.43. The second-order valence-corrected chi connectivity index (χ2v) is 3.77. The fraction of sp³-hybridized carbons (Fsp3) is 0.273. The van der Waals surface area contributed by atoms with E-state index in [1.54, 1.807) is 0 Å². The molecule has 1 rings (SSSR count). The molecule has 1 atom stereocenters. The smallest absolute Gasteiger partial charge is 0.395 e. The largest absolute Gasteiger partial charge is 0.404 e. The van der Waals surface area contributed by atoms with E-state index in [2.05, 4.69) is 6.58 Å². The first-order valence-corrected chi connectivity index (χ1v) is 4.82. The molecule has 0 bridgehead atoms. The van der Waals surface area contributed by atoms with Gasteiger partial charge in [-0.05, 0) is 17.7 Å². The van der Waals surface area contributed by atoms with Crippen LogP contribution in [0.15, 0.2) is 36.9 Å². The summed E-state index contributed by atoms with van der Waals surface area (Å²) < 4.78 is 38.7. The molecule has 88 valence electrons. The Labute approximate surface area is 96.2 Å². The van der Waals surface area contributed by atoms with Crippen LogP contribution in [0.5, 0.6) is 0 Å². The van der Waals surface area contributed by atoms with Gasteiger partial charge in [-0.25, -0.2) is 0 Å². The Kier molecular flexibility index (Phi) is 3.65. The number of aliphatic hydroxyl groups is 1. The third kappa shape index (κ3) is 2.08. The molecule has 5 heteroatoms. The van der Waals surface area contributed by atoms with Crippen molar-refractivity contribution < 1.29 is 18.3 Å². The highest BCUT2D eigenvalue weighted by Crippen LogP contribution is 2.42. The highest BCUT2D eigenvalue weighted by Gasteiger charge is 2.53. The lowest BCUT2D eigenvalue weighted by Gasteiger charge is -2.31. The van der Waals surface area contributed by atoms with Crippen molar-refractivity contribution in [3.05, 3.63) is 47.5 Å². The number of hydrogen-bond acceptors (Lipinski definition) is 1. The van der Waals surface area contributed by atoms with Crippen LogP contribution in [0, 0.1) is 0 Å². The Bertz CT molecular complexity index is 372. The number of halogens is 4. The first-order valence-electron chi connectivity index (χ1n) is 4.44. The standard InChI is InChI=1S/C11H10ClF3O/c1-2-10(7-16,11(13,14)15)8-3-5-9(12)6-4-8/h2-6,16H,1,7H2/t10-/m1/s1. The summed E-state index contributed by atoms with van der Waals surface area (Å²) in [4.78, 5) is 0. The van der Waals surface area contributed by atoms with E-state index in [0.29, 0.717) is 11.1 Å². The first-order chi connectivity index (χ1) is 7.37. The normalized spacial score (nSPS) is 15.6. The monoisotopic (exact) mass is 250 g/mol. The molecule has 0 saturated carbocycles. The van der Waals surface area contributed by atoms with Gasteiger partial charge in [-0.1, -0.05) is 29.8 Å². The predicted molar refractivity (Wildman–Crippen MR) is 56.5 cm³/mol. The molecule has 0 aliphatic carbocycles. The van der Waals surface area contributed by atoms with Gasteiger partial charge in [0, 0.05) is 5.02 Å². The summed E-state index contributed by atoms with van der Waals surface area (Å²) >= 11 is 5.59. The van der Waals surface area contributed by atoms with Crippen molar-refractivity contribution in [2.75, 3.05) is 6.61 Å².